The van der Waals surface area contributed by atoms with Crippen LogP contribution in [0, 0.1) is 0 Å². The molecule has 0 aliphatic rings. The fraction of sp³-hybridized carbons (Fsp3) is 0.0476. The standard InChI is InChI=1S/C21H14BrCl2N3S/c22-16-5-1-14(2-6-16)13-28-21-26-25-20(15-3-7-17(23)8-4-15)27(21)19-11-9-18(24)10-12-19/h1-12H,13H2. The minimum Gasteiger partial charge on any atom is -0.270 e. The van der Waals surface area contributed by atoms with E-state index in [4.69, 9.17) is 23.2 Å². The highest BCUT2D eigenvalue weighted by Gasteiger charge is 2.16. The zero-order chi connectivity index (χ0) is 19.5. The number of halogens is 3. The first-order valence-electron chi connectivity index (χ1n) is 8.45. The predicted octanol–water partition coefficient (Wildman–Crippen LogP) is 7.30. The van der Waals surface area contributed by atoms with Crippen LogP contribution in [-0.4, -0.2) is 14.8 Å². The third kappa shape index (κ3) is 4.44. The van der Waals surface area contributed by atoms with Crippen molar-refractivity contribution in [3.05, 3.63) is 92.9 Å². The van der Waals surface area contributed by atoms with Gasteiger partial charge in [-0.2, -0.15) is 0 Å². The summed E-state index contributed by atoms with van der Waals surface area (Å²) < 4.78 is 3.11. The molecule has 0 saturated carbocycles. The topological polar surface area (TPSA) is 30.7 Å². The predicted molar refractivity (Wildman–Crippen MR) is 121 cm³/mol. The molecule has 3 aromatic carbocycles. The molecule has 0 saturated heterocycles. The normalized spacial score (nSPS) is 11.0. The van der Waals surface area contributed by atoms with E-state index in [2.05, 4.69) is 38.3 Å². The highest BCUT2D eigenvalue weighted by molar-refractivity contribution is 9.10. The van der Waals surface area contributed by atoms with Crippen LogP contribution in [0.5, 0.6) is 0 Å². The second-order valence-electron chi connectivity index (χ2n) is 6.04. The van der Waals surface area contributed by atoms with E-state index in [0.717, 1.165) is 32.5 Å². The SMILES string of the molecule is Clc1ccc(-c2nnc(SCc3ccc(Br)cc3)n2-c2ccc(Cl)cc2)cc1. The van der Waals surface area contributed by atoms with Gasteiger partial charge in [0.1, 0.15) is 0 Å². The van der Waals surface area contributed by atoms with Crippen molar-refractivity contribution in [3.8, 4) is 17.1 Å². The van der Waals surface area contributed by atoms with E-state index in [0.29, 0.717) is 10.0 Å². The number of aromatic nitrogens is 3. The highest BCUT2D eigenvalue weighted by Crippen LogP contribution is 2.31. The molecule has 140 valence electrons. The summed E-state index contributed by atoms with van der Waals surface area (Å²) in [6, 6.07) is 23.5. The highest BCUT2D eigenvalue weighted by atomic mass is 79.9. The quantitative estimate of drug-likeness (QED) is 0.275. The zero-order valence-electron chi connectivity index (χ0n) is 14.5. The van der Waals surface area contributed by atoms with Crippen molar-refractivity contribution in [2.75, 3.05) is 0 Å². The summed E-state index contributed by atoms with van der Waals surface area (Å²) in [5.41, 5.74) is 3.12. The lowest BCUT2D eigenvalue weighted by atomic mass is 10.2. The van der Waals surface area contributed by atoms with Crippen LogP contribution in [0.2, 0.25) is 10.0 Å². The van der Waals surface area contributed by atoms with Gasteiger partial charge in [-0.25, -0.2) is 0 Å². The van der Waals surface area contributed by atoms with Crippen LogP contribution in [0.25, 0.3) is 17.1 Å². The van der Waals surface area contributed by atoms with Crippen molar-refractivity contribution in [3.63, 3.8) is 0 Å². The first-order chi connectivity index (χ1) is 13.6. The third-order valence-corrected chi connectivity index (χ3v) is 6.13. The largest absolute Gasteiger partial charge is 0.270 e. The maximum atomic E-state index is 6.08. The Balaban J connectivity index is 1.72. The van der Waals surface area contributed by atoms with E-state index in [-0.39, 0.29) is 0 Å². The molecule has 0 atom stereocenters. The number of rotatable bonds is 5. The fourth-order valence-electron chi connectivity index (χ4n) is 2.70. The van der Waals surface area contributed by atoms with Crippen LogP contribution in [0.3, 0.4) is 0 Å². The molecule has 28 heavy (non-hydrogen) atoms. The minimum absolute atomic E-state index is 0.686. The van der Waals surface area contributed by atoms with Gasteiger partial charge in [0.25, 0.3) is 0 Å². The average molecular weight is 491 g/mol. The third-order valence-electron chi connectivity index (χ3n) is 4.10. The van der Waals surface area contributed by atoms with Crippen LogP contribution in [0.1, 0.15) is 5.56 Å². The molecule has 4 rings (SSSR count). The van der Waals surface area contributed by atoms with Gasteiger partial charge in [0.15, 0.2) is 11.0 Å². The van der Waals surface area contributed by atoms with Crippen LogP contribution in [0.15, 0.2) is 82.4 Å². The summed E-state index contributed by atoms with van der Waals surface area (Å²) in [7, 11) is 0. The van der Waals surface area contributed by atoms with Crippen LogP contribution >= 0.6 is 50.9 Å². The molecule has 0 N–H and O–H groups in total. The molecule has 1 aromatic heterocycles. The van der Waals surface area contributed by atoms with E-state index >= 15 is 0 Å². The van der Waals surface area contributed by atoms with Crippen LogP contribution in [-0.2, 0) is 5.75 Å². The maximum absolute atomic E-state index is 6.08. The van der Waals surface area contributed by atoms with Crippen molar-refractivity contribution >= 4 is 50.9 Å². The fourth-order valence-corrected chi connectivity index (χ4v) is 4.12. The molecule has 4 aromatic rings. The molecular weight excluding hydrogens is 477 g/mol. The van der Waals surface area contributed by atoms with Crippen LogP contribution in [0.4, 0.5) is 0 Å². The van der Waals surface area contributed by atoms with Gasteiger partial charge in [-0.3, -0.25) is 4.57 Å². The van der Waals surface area contributed by atoms with Crippen LogP contribution < -0.4 is 0 Å². The van der Waals surface area contributed by atoms with Gasteiger partial charge in [0.2, 0.25) is 0 Å². The molecule has 1 heterocycles. The monoisotopic (exact) mass is 489 g/mol. The molecule has 0 unspecified atom stereocenters. The summed E-state index contributed by atoms with van der Waals surface area (Å²) in [6.07, 6.45) is 0. The van der Waals surface area contributed by atoms with Gasteiger partial charge in [-0.15, -0.1) is 10.2 Å². The molecule has 0 amide bonds. The Hall–Kier alpha value is -1.79. The second kappa shape index (κ2) is 8.70. The Kier molecular flexibility index (Phi) is 6.07. The Morgan fingerprint density at radius 2 is 1.39 bits per heavy atom. The molecule has 0 aliphatic heterocycles. The summed E-state index contributed by atoms with van der Waals surface area (Å²) in [4.78, 5) is 0. The van der Waals surface area contributed by atoms with Crippen molar-refractivity contribution in [1.29, 1.82) is 0 Å². The molecular formula is C21H14BrCl2N3S. The molecule has 0 spiro atoms. The first kappa shape index (κ1) is 19.5. The number of hydrogen-bond donors (Lipinski definition) is 0. The lowest BCUT2D eigenvalue weighted by Gasteiger charge is -2.11. The Morgan fingerprint density at radius 1 is 0.786 bits per heavy atom. The molecule has 0 bridgehead atoms. The maximum Gasteiger partial charge on any atom is 0.196 e. The Morgan fingerprint density at radius 3 is 2.04 bits per heavy atom. The number of nitrogens with zero attached hydrogens (tertiary/aromatic N) is 3. The number of thioether (sulfide) groups is 1. The zero-order valence-corrected chi connectivity index (χ0v) is 18.4. The van der Waals surface area contributed by atoms with E-state index in [1.165, 1.54) is 5.56 Å². The van der Waals surface area contributed by atoms with Gasteiger partial charge in [0, 0.05) is 31.5 Å². The van der Waals surface area contributed by atoms with E-state index < -0.39 is 0 Å². The van der Waals surface area contributed by atoms with Gasteiger partial charge in [-0.05, 0) is 66.2 Å². The minimum atomic E-state index is 0.686. The van der Waals surface area contributed by atoms with Crippen molar-refractivity contribution in [2.45, 2.75) is 10.9 Å². The van der Waals surface area contributed by atoms with E-state index in [1.807, 2.05) is 65.2 Å². The molecule has 7 heteroatoms. The molecule has 0 radical (unpaired) electrons. The Bertz CT molecular complexity index is 1080. The number of hydrogen-bond acceptors (Lipinski definition) is 3. The number of benzene rings is 3. The lowest BCUT2D eigenvalue weighted by molar-refractivity contribution is 0.886. The second-order valence-corrected chi connectivity index (χ2v) is 8.77. The lowest BCUT2D eigenvalue weighted by Crippen LogP contribution is -1.99. The van der Waals surface area contributed by atoms with Gasteiger partial charge in [-0.1, -0.05) is 63.0 Å². The van der Waals surface area contributed by atoms with Crippen molar-refractivity contribution in [2.24, 2.45) is 0 Å². The van der Waals surface area contributed by atoms with Gasteiger partial charge < -0.3 is 0 Å². The van der Waals surface area contributed by atoms with Crippen molar-refractivity contribution in [1.82, 2.24) is 14.8 Å². The summed E-state index contributed by atoms with van der Waals surface area (Å²) in [6.45, 7) is 0. The molecule has 0 aliphatic carbocycles. The van der Waals surface area contributed by atoms with E-state index in [9.17, 15) is 0 Å². The smallest absolute Gasteiger partial charge is 0.196 e. The molecule has 0 fully saturated rings. The Labute approximate surface area is 185 Å². The van der Waals surface area contributed by atoms with Gasteiger partial charge in [0.05, 0.1) is 0 Å². The van der Waals surface area contributed by atoms with E-state index in [1.54, 1.807) is 11.8 Å². The molecule has 3 nitrogen and oxygen atoms in total. The summed E-state index contributed by atoms with van der Waals surface area (Å²) in [5.74, 6) is 1.55. The summed E-state index contributed by atoms with van der Waals surface area (Å²) in [5, 5.41) is 11.1. The van der Waals surface area contributed by atoms with Crippen molar-refractivity contribution < 1.29 is 0 Å². The van der Waals surface area contributed by atoms with Gasteiger partial charge >= 0.3 is 0 Å². The average Bonchev–Trinajstić information content (AvgIpc) is 3.13. The summed E-state index contributed by atoms with van der Waals surface area (Å²) >= 11 is 17.2. The first-order valence-corrected chi connectivity index (χ1v) is 11.0.